The van der Waals surface area contributed by atoms with Crippen molar-refractivity contribution in [2.45, 2.75) is 18.9 Å². The average molecular weight is 417 g/mol. The number of nitrogens with zero attached hydrogens (tertiary/aromatic N) is 1. The third-order valence-corrected chi connectivity index (χ3v) is 5.71. The maximum absolute atomic E-state index is 12.8. The number of rotatable bonds is 7. The summed E-state index contributed by atoms with van der Waals surface area (Å²) < 4.78 is 10.2. The fourth-order valence-electron chi connectivity index (χ4n) is 3.76. The fourth-order valence-corrected chi connectivity index (χ4v) is 4.02. The smallest absolute Gasteiger partial charge is 0.404 e. The second kappa shape index (κ2) is 9.76. The summed E-state index contributed by atoms with van der Waals surface area (Å²) in [5.74, 6) is 0.840. The first-order valence-corrected chi connectivity index (χ1v) is 9.96. The van der Waals surface area contributed by atoms with Gasteiger partial charge in [-0.3, -0.25) is 9.69 Å². The van der Waals surface area contributed by atoms with Gasteiger partial charge in [0.05, 0.1) is 13.2 Å². The highest BCUT2D eigenvalue weighted by Crippen LogP contribution is 2.32. The number of Topliss-reactive ketones (excluding diaryl/α,β-unsaturated/α-hetero) is 1. The van der Waals surface area contributed by atoms with Crippen molar-refractivity contribution in [3.05, 3.63) is 64.7 Å². The van der Waals surface area contributed by atoms with Crippen LogP contribution in [0.3, 0.4) is 0 Å². The lowest BCUT2D eigenvalue weighted by Gasteiger charge is -2.37. The van der Waals surface area contributed by atoms with Gasteiger partial charge in [-0.15, -0.1) is 0 Å². The Labute approximate surface area is 175 Å². The molecule has 0 bridgehead atoms. The van der Waals surface area contributed by atoms with Crippen LogP contribution < -0.4 is 10.5 Å². The molecule has 1 aliphatic heterocycles. The summed E-state index contributed by atoms with van der Waals surface area (Å²) in [4.78, 5) is 26.2. The molecule has 0 saturated carbocycles. The van der Waals surface area contributed by atoms with E-state index < -0.39 is 6.09 Å². The molecule has 1 unspecified atom stereocenters. The molecule has 0 aromatic heterocycles. The van der Waals surface area contributed by atoms with E-state index in [1.54, 1.807) is 31.4 Å². The van der Waals surface area contributed by atoms with Gasteiger partial charge < -0.3 is 15.2 Å². The van der Waals surface area contributed by atoms with Crippen molar-refractivity contribution in [2.24, 2.45) is 11.7 Å². The summed E-state index contributed by atoms with van der Waals surface area (Å²) in [6.45, 7) is 1.52. The van der Waals surface area contributed by atoms with E-state index in [9.17, 15) is 9.59 Å². The zero-order valence-electron chi connectivity index (χ0n) is 16.3. The molecule has 1 aliphatic rings. The molecule has 29 heavy (non-hydrogen) atoms. The Kier molecular flexibility index (Phi) is 7.12. The Balaban J connectivity index is 1.68. The molecule has 2 N–H and O–H groups in total. The van der Waals surface area contributed by atoms with Crippen molar-refractivity contribution in [1.82, 2.24) is 4.90 Å². The van der Waals surface area contributed by atoms with Crippen LogP contribution in [0.4, 0.5) is 4.79 Å². The van der Waals surface area contributed by atoms with Crippen LogP contribution in [0.15, 0.2) is 48.5 Å². The van der Waals surface area contributed by atoms with E-state index in [2.05, 4.69) is 4.90 Å². The zero-order valence-corrected chi connectivity index (χ0v) is 17.1. The highest BCUT2D eigenvalue weighted by atomic mass is 35.5. The van der Waals surface area contributed by atoms with Crippen molar-refractivity contribution in [3.63, 3.8) is 0 Å². The number of hydrogen-bond acceptors (Lipinski definition) is 5. The monoisotopic (exact) mass is 416 g/mol. The van der Waals surface area contributed by atoms with Gasteiger partial charge in [-0.25, -0.2) is 4.79 Å². The molecule has 1 atom stereocenters. The molecule has 0 spiro atoms. The van der Waals surface area contributed by atoms with Crippen LogP contribution in [0.1, 0.15) is 34.8 Å². The fraction of sp³-hybridized carbons (Fsp3) is 0.364. The summed E-state index contributed by atoms with van der Waals surface area (Å²) in [5.41, 5.74) is 6.75. The Morgan fingerprint density at radius 1 is 1.14 bits per heavy atom. The van der Waals surface area contributed by atoms with Gasteiger partial charge in [-0.1, -0.05) is 29.8 Å². The number of primary amides is 1. The number of methoxy groups -OCH3 is 1. The molecular weight excluding hydrogens is 392 g/mol. The number of halogens is 1. The molecule has 1 fully saturated rings. The maximum Gasteiger partial charge on any atom is 0.404 e. The molecule has 2 aromatic rings. The SMILES string of the molecule is COc1ccc(C(=O)C2CCN(C(COC(N)=O)c3ccccc3Cl)CC2)cc1. The quantitative estimate of drug-likeness (QED) is 0.687. The van der Waals surface area contributed by atoms with Gasteiger partial charge in [-0.2, -0.15) is 0 Å². The van der Waals surface area contributed by atoms with Gasteiger partial charge in [0.25, 0.3) is 0 Å². The van der Waals surface area contributed by atoms with Gasteiger partial charge in [0.1, 0.15) is 12.4 Å². The molecule has 154 valence electrons. The minimum absolute atomic E-state index is 0.0383. The third kappa shape index (κ3) is 5.28. The number of benzene rings is 2. The number of piperidine rings is 1. The molecule has 1 saturated heterocycles. The predicted octanol–water partition coefficient (Wildman–Crippen LogP) is 4.08. The van der Waals surface area contributed by atoms with E-state index in [1.807, 2.05) is 24.3 Å². The van der Waals surface area contributed by atoms with Crippen molar-refractivity contribution in [3.8, 4) is 5.75 Å². The Hall–Kier alpha value is -2.57. The normalized spacial score (nSPS) is 16.2. The first kappa shape index (κ1) is 21.1. The van der Waals surface area contributed by atoms with Crippen molar-refractivity contribution >= 4 is 23.5 Å². The highest BCUT2D eigenvalue weighted by molar-refractivity contribution is 6.31. The Bertz CT molecular complexity index is 848. The topological polar surface area (TPSA) is 81.9 Å². The van der Waals surface area contributed by atoms with Gasteiger partial charge >= 0.3 is 6.09 Å². The average Bonchev–Trinajstić information content (AvgIpc) is 2.75. The second-order valence-electron chi connectivity index (χ2n) is 7.07. The maximum atomic E-state index is 12.8. The van der Waals surface area contributed by atoms with Crippen molar-refractivity contribution in [1.29, 1.82) is 0 Å². The van der Waals surface area contributed by atoms with E-state index in [0.717, 1.165) is 24.2 Å². The van der Waals surface area contributed by atoms with Crippen LogP contribution >= 0.6 is 11.6 Å². The van der Waals surface area contributed by atoms with E-state index in [4.69, 9.17) is 26.8 Å². The van der Waals surface area contributed by atoms with Crippen molar-refractivity contribution < 1.29 is 19.1 Å². The first-order chi connectivity index (χ1) is 14.0. The minimum Gasteiger partial charge on any atom is -0.497 e. The van der Waals surface area contributed by atoms with E-state index in [1.165, 1.54) is 0 Å². The minimum atomic E-state index is -0.813. The molecule has 2 aromatic carbocycles. The number of hydrogen-bond donors (Lipinski definition) is 1. The van der Waals surface area contributed by atoms with Gasteiger partial charge in [0, 0.05) is 16.5 Å². The molecular formula is C22H25ClN2O4. The number of carbonyl (C=O) groups is 2. The second-order valence-corrected chi connectivity index (χ2v) is 7.48. The van der Waals surface area contributed by atoms with E-state index in [0.29, 0.717) is 23.7 Å². The lowest BCUT2D eigenvalue weighted by atomic mass is 9.88. The molecule has 0 radical (unpaired) electrons. The van der Waals surface area contributed by atoms with Crippen molar-refractivity contribution in [2.75, 3.05) is 26.8 Å². The van der Waals surface area contributed by atoms with Crippen LogP contribution in [0.25, 0.3) is 0 Å². The predicted molar refractivity (Wildman–Crippen MR) is 111 cm³/mol. The number of ketones is 1. The number of likely N-dealkylation sites (tertiary alicyclic amines) is 1. The number of ether oxygens (including phenoxy) is 2. The molecule has 6 nitrogen and oxygen atoms in total. The lowest BCUT2D eigenvalue weighted by Crippen LogP contribution is -2.41. The Morgan fingerprint density at radius 3 is 2.38 bits per heavy atom. The van der Waals surface area contributed by atoms with E-state index >= 15 is 0 Å². The number of nitrogens with two attached hydrogens (primary N) is 1. The first-order valence-electron chi connectivity index (χ1n) is 9.58. The molecule has 3 rings (SSSR count). The third-order valence-electron chi connectivity index (χ3n) is 5.36. The summed E-state index contributed by atoms with van der Waals surface area (Å²) in [7, 11) is 1.60. The molecule has 0 aliphatic carbocycles. The lowest BCUT2D eigenvalue weighted by molar-refractivity contribution is 0.0627. The Morgan fingerprint density at radius 2 is 1.79 bits per heavy atom. The molecule has 7 heteroatoms. The molecule has 1 amide bonds. The van der Waals surface area contributed by atoms with E-state index in [-0.39, 0.29) is 24.3 Å². The largest absolute Gasteiger partial charge is 0.497 e. The number of carbonyl (C=O) groups excluding carboxylic acids is 2. The van der Waals surface area contributed by atoms with Gasteiger partial charge in [0.15, 0.2) is 5.78 Å². The van der Waals surface area contributed by atoms with Crippen LogP contribution in [-0.4, -0.2) is 43.6 Å². The van der Waals surface area contributed by atoms with Crippen LogP contribution in [0.2, 0.25) is 5.02 Å². The summed E-state index contributed by atoms with van der Waals surface area (Å²) in [5, 5.41) is 0.613. The summed E-state index contributed by atoms with van der Waals surface area (Å²) >= 11 is 6.37. The summed E-state index contributed by atoms with van der Waals surface area (Å²) in [6.07, 6.45) is 0.636. The zero-order chi connectivity index (χ0) is 20.8. The van der Waals surface area contributed by atoms with Gasteiger partial charge in [-0.05, 0) is 61.8 Å². The van der Waals surface area contributed by atoms with Gasteiger partial charge in [0.2, 0.25) is 0 Å². The standard InChI is InChI=1S/C22H25ClN2O4/c1-28-17-8-6-15(7-9-17)21(26)16-10-12-25(13-11-16)20(14-29-22(24)27)18-4-2-3-5-19(18)23/h2-9,16,20H,10-14H2,1H3,(H2,24,27). The van der Waals surface area contributed by atoms with Crippen LogP contribution in [0, 0.1) is 5.92 Å². The van der Waals surface area contributed by atoms with Crippen LogP contribution in [-0.2, 0) is 4.74 Å². The summed E-state index contributed by atoms with van der Waals surface area (Å²) in [6, 6.07) is 14.5. The van der Waals surface area contributed by atoms with Crippen LogP contribution in [0.5, 0.6) is 5.75 Å². The number of amides is 1. The highest BCUT2D eigenvalue weighted by Gasteiger charge is 2.31. The molecule has 1 heterocycles.